The highest BCUT2D eigenvalue weighted by atomic mass is 32.2. The molecule has 36 heavy (non-hydrogen) atoms. The van der Waals surface area contributed by atoms with Gasteiger partial charge in [-0.3, -0.25) is 23.2 Å². The van der Waals surface area contributed by atoms with Crippen molar-refractivity contribution in [3.63, 3.8) is 0 Å². The Morgan fingerprint density at radius 3 is 1.83 bits per heavy atom. The van der Waals surface area contributed by atoms with E-state index in [1.165, 1.54) is 12.1 Å². The summed E-state index contributed by atoms with van der Waals surface area (Å²) in [6.45, 7) is 0. The molecule has 188 valence electrons. The number of hydrogen-bond donors (Lipinski definition) is 5. The van der Waals surface area contributed by atoms with E-state index in [0.717, 1.165) is 36.4 Å². The number of fused-ring (bicyclic) bond motifs is 2. The van der Waals surface area contributed by atoms with Crippen molar-refractivity contribution < 1.29 is 48.5 Å². The van der Waals surface area contributed by atoms with Crippen LogP contribution in [0.15, 0.2) is 63.2 Å². The van der Waals surface area contributed by atoms with Gasteiger partial charge in [-0.25, -0.2) is 0 Å². The van der Waals surface area contributed by atoms with E-state index in [9.17, 15) is 48.5 Å². The van der Waals surface area contributed by atoms with Crippen LogP contribution in [0.5, 0.6) is 0 Å². The van der Waals surface area contributed by atoms with Crippen LogP contribution < -0.4 is 11.1 Å². The molecule has 0 aromatic heterocycles. The standard InChI is InChI=1S/C20H14N2O11S3/c21-18-15(36(31,32)33)8-14(22-9-2-1-3-10(6-9)34(25,26)27)16-17(18)19(23)12-5-4-11(35(28,29)30)7-13(12)20(16)24/h1-8,22H,21H2,(H,25,26,27)(H,28,29,30)(H,31,32,33). The summed E-state index contributed by atoms with van der Waals surface area (Å²) >= 11 is 0. The number of hydrogen-bond acceptors (Lipinski definition) is 10. The third-order valence-electron chi connectivity index (χ3n) is 5.25. The average molecular weight is 555 g/mol. The van der Waals surface area contributed by atoms with Gasteiger partial charge in [0.15, 0.2) is 11.6 Å². The molecular formula is C20H14N2O11S3. The van der Waals surface area contributed by atoms with Crippen molar-refractivity contribution in [1.82, 2.24) is 0 Å². The van der Waals surface area contributed by atoms with Crippen LogP contribution in [0.1, 0.15) is 31.8 Å². The van der Waals surface area contributed by atoms with Crippen LogP contribution in [-0.4, -0.2) is 50.5 Å². The summed E-state index contributed by atoms with van der Waals surface area (Å²) in [5.41, 5.74) is 2.67. The fourth-order valence-electron chi connectivity index (χ4n) is 3.69. The van der Waals surface area contributed by atoms with Gasteiger partial charge < -0.3 is 11.1 Å². The monoisotopic (exact) mass is 554 g/mol. The van der Waals surface area contributed by atoms with E-state index in [4.69, 9.17) is 5.73 Å². The summed E-state index contributed by atoms with van der Waals surface area (Å²) < 4.78 is 98.2. The van der Waals surface area contributed by atoms with Crippen LogP contribution in [0, 0.1) is 0 Å². The highest BCUT2D eigenvalue weighted by Crippen LogP contribution is 2.40. The van der Waals surface area contributed by atoms with Crippen LogP contribution in [0.25, 0.3) is 0 Å². The van der Waals surface area contributed by atoms with E-state index >= 15 is 0 Å². The zero-order valence-electron chi connectivity index (χ0n) is 17.5. The summed E-state index contributed by atoms with van der Waals surface area (Å²) in [5, 5.41) is 2.56. The van der Waals surface area contributed by atoms with Crippen LogP contribution in [0.4, 0.5) is 17.1 Å². The maximum Gasteiger partial charge on any atom is 0.296 e. The Hall–Kier alpha value is -3.67. The van der Waals surface area contributed by atoms with Gasteiger partial charge in [-0.05, 0) is 42.5 Å². The molecule has 1 aliphatic rings. The zero-order valence-corrected chi connectivity index (χ0v) is 20.0. The number of rotatable bonds is 5. The molecule has 0 radical (unpaired) electrons. The number of anilines is 3. The lowest BCUT2D eigenvalue weighted by Gasteiger charge is -2.24. The van der Waals surface area contributed by atoms with Gasteiger partial charge >= 0.3 is 0 Å². The Labute approximate surface area is 203 Å². The molecule has 0 saturated carbocycles. The minimum atomic E-state index is -5.03. The number of nitrogens with one attached hydrogen (secondary N) is 1. The lowest BCUT2D eigenvalue weighted by Crippen LogP contribution is -2.25. The predicted molar refractivity (Wildman–Crippen MR) is 123 cm³/mol. The van der Waals surface area contributed by atoms with Gasteiger partial charge in [0.1, 0.15) is 4.90 Å². The highest BCUT2D eigenvalue weighted by Gasteiger charge is 2.37. The molecule has 16 heteroatoms. The van der Waals surface area contributed by atoms with E-state index in [-0.39, 0.29) is 11.3 Å². The molecule has 0 bridgehead atoms. The highest BCUT2D eigenvalue weighted by molar-refractivity contribution is 7.86. The lowest BCUT2D eigenvalue weighted by atomic mass is 9.82. The van der Waals surface area contributed by atoms with E-state index < -0.39 is 84.7 Å². The first-order chi connectivity index (χ1) is 16.5. The van der Waals surface area contributed by atoms with E-state index in [1.807, 2.05) is 0 Å². The minimum Gasteiger partial charge on any atom is -0.397 e. The number of ketones is 2. The first-order valence-corrected chi connectivity index (χ1v) is 13.8. The first kappa shape index (κ1) is 25.4. The second-order valence-electron chi connectivity index (χ2n) is 7.53. The number of carbonyl (C=O) groups is 2. The SMILES string of the molecule is Nc1c(S(=O)(=O)O)cc(Nc2cccc(S(=O)(=O)O)c2)c2c1C(=O)c1ccc(S(=O)(=O)O)cc1C2=O. The third kappa shape index (κ3) is 4.36. The van der Waals surface area contributed by atoms with E-state index in [1.54, 1.807) is 0 Å². The molecule has 0 atom stereocenters. The summed E-state index contributed by atoms with van der Waals surface area (Å²) in [6, 6.07) is 7.74. The number of carbonyl (C=O) groups excluding carboxylic acids is 2. The van der Waals surface area contributed by atoms with Gasteiger partial charge in [0.2, 0.25) is 0 Å². The summed E-state index contributed by atoms with van der Waals surface area (Å²) in [6.07, 6.45) is 0. The van der Waals surface area contributed by atoms with Crippen LogP contribution >= 0.6 is 0 Å². The van der Waals surface area contributed by atoms with Crippen molar-refractivity contribution in [2.45, 2.75) is 14.7 Å². The number of nitrogens with two attached hydrogens (primary N) is 1. The Morgan fingerprint density at radius 1 is 0.667 bits per heavy atom. The molecule has 0 heterocycles. The molecule has 0 unspecified atom stereocenters. The second-order valence-corrected chi connectivity index (χ2v) is 11.8. The Bertz CT molecular complexity index is 1830. The number of benzene rings is 3. The van der Waals surface area contributed by atoms with Crippen molar-refractivity contribution in [2.75, 3.05) is 11.1 Å². The van der Waals surface area contributed by atoms with Gasteiger partial charge in [-0.1, -0.05) is 6.07 Å². The summed E-state index contributed by atoms with van der Waals surface area (Å²) in [5.74, 6) is -1.98. The summed E-state index contributed by atoms with van der Waals surface area (Å²) in [4.78, 5) is 24.5. The second kappa shape index (κ2) is 8.19. The molecule has 6 N–H and O–H groups in total. The van der Waals surface area contributed by atoms with Crippen LogP contribution in [-0.2, 0) is 30.4 Å². The third-order valence-corrected chi connectivity index (χ3v) is 7.84. The fraction of sp³-hybridized carbons (Fsp3) is 0. The summed E-state index contributed by atoms with van der Waals surface area (Å²) in [7, 11) is -14.4. The smallest absolute Gasteiger partial charge is 0.296 e. The molecule has 13 nitrogen and oxygen atoms in total. The van der Waals surface area contributed by atoms with Crippen molar-refractivity contribution in [3.05, 3.63) is 70.8 Å². The van der Waals surface area contributed by atoms with E-state index in [2.05, 4.69) is 5.32 Å². The van der Waals surface area contributed by atoms with E-state index in [0.29, 0.717) is 0 Å². The molecule has 0 fully saturated rings. The molecule has 0 spiro atoms. The zero-order chi connectivity index (χ0) is 26.8. The van der Waals surface area contributed by atoms with Gasteiger partial charge in [0.25, 0.3) is 30.4 Å². The average Bonchev–Trinajstić information content (AvgIpc) is 2.76. The predicted octanol–water partition coefficient (Wildman–Crippen LogP) is 1.53. The molecule has 0 aliphatic heterocycles. The topological polar surface area (TPSA) is 235 Å². The molecule has 4 rings (SSSR count). The Morgan fingerprint density at radius 2 is 1.25 bits per heavy atom. The van der Waals surface area contributed by atoms with Crippen molar-refractivity contribution >= 4 is 59.0 Å². The molecule has 0 saturated heterocycles. The molecular weight excluding hydrogens is 540 g/mol. The van der Waals surface area contributed by atoms with Crippen molar-refractivity contribution in [2.24, 2.45) is 0 Å². The molecule has 1 aliphatic carbocycles. The largest absolute Gasteiger partial charge is 0.397 e. The first-order valence-electron chi connectivity index (χ1n) is 9.49. The van der Waals surface area contributed by atoms with Gasteiger partial charge in [0.05, 0.1) is 32.3 Å². The van der Waals surface area contributed by atoms with Crippen LogP contribution in [0.2, 0.25) is 0 Å². The maximum atomic E-state index is 13.4. The quantitative estimate of drug-likeness (QED) is 0.174. The normalized spacial score (nSPS) is 13.8. The van der Waals surface area contributed by atoms with Crippen molar-refractivity contribution in [3.8, 4) is 0 Å². The Kier molecular flexibility index (Phi) is 5.78. The lowest BCUT2D eigenvalue weighted by molar-refractivity contribution is 0.0980. The maximum absolute atomic E-state index is 13.4. The number of nitrogen functional groups attached to an aromatic ring is 1. The minimum absolute atomic E-state index is 0.0869. The Balaban J connectivity index is 2.02. The van der Waals surface area contributed by atoms with Gasteiger partial charge in [0, 0.05) is 16.8 Å². The molecule has 3 aromatic carbocycles. The molecule has 3 aromatic rings. The fourth-order valence-corrected chi connectivity index (χ4v) is 5.37. The van der Waals surface area contributed by atoms with Gasteiger partial charge in [-0.15, -0.1) is 0 Å². The van der Waals surface area contributed by atoms with Crippen molar-refractivity contribution in [1.29, 1.82) is 0 Å². The van der Waals surface area contributed by atoms with Crippen LogP contribution in [0.3, 0.4) is 0 Å². The van der Waals surface area contributed by atoms with Gasteiger partial charge in [-0.2, -0.15) is 25.3 Å². The molecule has 0 amide bonds.